The third-order valence-corrected chi connectivity index (χ3v) is 3.68. The number of nitrogens with zero attached hydrogens (tertiary/aromatic N) is 1. The second-order valence-corrected chi connectivity index (χ2v) is 4.83. The summed E-state index contributed by atoms with van der Waals surface area (Å²) >= 11 is 0. The smallest absolute Gasteiger partial charge is 0.191 e. The van der Waals surface area contributed by atoms with Gasteiger partial charge < -0.3 is 10.6 Å². The Labute approximate surface area is 102 Å². The van der Waals surface area contributed by atoms with Gasteiger partial charge in [0.1, 0.15) is 0 Å². The van der Waals surface area contributed by atoms with Crippen molar-refractivity contribution in [1.82, 2.24) is 10.6 Å². The van der Waals surface area contributed by atoms with E-state index in [1.165, 1.54) is 30.4 Å². The highest BCUT2D eigenvalue weighted by atomic mass is 15.2. The molecule has 90 valence electrons. The molecule has 1 unspecified atom stereocenters. The first-order valence-electron chi connectivity index (χ1n) is 6.53. The van der Waals surface area contributed by atoms with Crippen LogP contribution in [0.5, 0.6) is 0 Å². The number of benzene rings is 1. The Balaban J connectivity index is 1.68. The first kappa shape index (κ1) is 10.6. The van der Waals surface area contributed by atoms with Crippen molar-refractivity contribution in [2.75, 3.05) is 19.6 Å². The molecule has 1 aromatic rings. The van der Waals surface area contributed by atoms with E-state index in [9.17, 15) is 0 Å². The standard InChI is InChI=1S/C14H19N3/c1-2-7-13-11(4-1)5-3-6-12(13)10-17-14-15-8-9-16-14/h1-2,4,7,12H,3,5-6,8-10H2,(H2,15,16,17). The molecule has 0 radical (unpaired) electrons. The summed E-state index contributed by atoms with van der Waals surface area (Å²) in [7, 11) is 0. The first-order valence-corrected chi connectivity index (χ1v) is 6.53. The molecule has 3 nitrogen and oxygen atoms in total. The van der Waals surface area contributed by atoms with Crippen LogP contribution in [0.25, 0.3) is 0 Å². The van der Waals surface area contributed by atoms with Gasteiger partial charge in [-0.25, -0.2) is 0 Å². The maximum absolute atomic E-state index is 4.37. The summed E-state index contributed by atoms with van der Waals surface area (Å²) in [5.41, 5.74) is 3.07. The molecule has 0 saturated carbocycles. The summed E-state index contributed by atoms with van der Waals surface area (Å²) in [4.78, 5) is 4.37. The van der Waals surface area contributed by atoms with Gasteiger partial charge in [-0.2, -0.15) is 0 Å². The van der Waals surface area contributed by atoms with Crippen LogP contribution in [0.15, 0.2) is 29.3 Å². The van der Waals surface area contributed by atoms with Gasteiger partial charge in [0.2, 0.25) is 0 Å². The highest BCUT2D eigenvalue weighted by Crippen LogP contribution is 2.30. The SMILES string of the molecule is c1ccc2c(c1)CCCC2CNC1=NCCN1. The van der Waals surface area contributed by atoms with Gasteiger partial charge in [-0.05, 0) is 30.4 Å². The van der Waals surface area contributed by atoms with E-state index in [1.807, 2.05) is 0 Å². The number of fused-ring (bicyclic) bond motifs is 1. The molecule has 1 aliphatic carbocycles. The highest BCUT2D eigenvalue weighted by molar-refractivity contribution is 5.81. The summed E-state index contributed by atoms with van der Waals surface area (Å²) in [5.74, 6) is 1.62. The molecule has 2 aliphatic rings. The van der Waals surface area contributed by atoms with Gasteiger partial charge in [0.25, 0.3) is 0 Å². The summed E-state index contributed by atoms with van der Waals surface area (Å²) in [6.45, 7) is 2.88. The lowest BCUT2D eigenvalue weighted by atomic mass is 9.83. The van der Waals surface area contributed by atoms with E-state index in [2.05, 4.69) is 39.9 Å². The predicted molar refractivity (Wildman–Crippen MR) is 70.4 cm³/mol. The Morgan fingerprint density at radius 2 is 2.29 bits per heavy atom. The molecule has 2 N–H and O–H groups in total. The fourth-order valence-electron chi connectivity index (χ4n) is 2.80. The van der Waals surface area contributed by atoms with Crippen molar-refractivity contribution in [2.45, 2.75) is 25.2 Å². The molecule has 0 aromatic heterocycles. The lowest BCUT2D eigenvalue weighted by Crippen LogP contribution is -2.37. The molecule has 0 fully saturated rings. The normalized spacial score (nSPS) is 22.6. The molecule has 3 heteroatoms. The Morgan fingerprint density at radius 3 is 3.18 bits per heavy atom. The molecule has 1 heterocycles. The Bertz CT molecular complexity index is 425. The predicted octanol–water partition coefficient (Wildman–Crippen LogP) is 1.66. The van der Waals surface area contributed by atoms with Crippen molar-refractivity contribution in [2.24, 2.45) is 4.99 Å². The summed E-state index contributed by atoms with van der Waals surface area (Å²) in [6.07, 6.45) is 3.84. The largest absolute Gasteiger partial charge is 0.356 e. The van der Waals surface area contributed by atoms with Gasteiger partial charge in [-0.1, -0.05) is 24.3 Å². The zero-order valence-corrected chi connectivity index (χ0v) is 10.1. The zero-order valence-electron chi connectivity index (χ0n) is 10.1. The minimum Gasteiger partial charge on any atom is -0.356 e. The monoisotopic (exact) mass is 229 g/mol. The molecule has 0 spiro atoms. The number of aliphatic imine (C=N–C) groups is 1. The van der Waals surface area contributed by atoms with Gasteiger partial charge in [0.05, 0.1) is 6.54 Å². The van der Waals surface area contributed by atoms with Gasteiger partial charge in [-0.3, -0.25) is 4.99 Å². The Kier molecular flexibility index (Phi) is 2.99. The Morgan fingerprint density at radius 1 is 1.35 bits per heavy atom. The average Bonchev–Trinajstić information content (AvgIpc) is 2.89. The number of nitrogens with one attached hydrogen (secondary N) is 2. The van der Waals surface area contributed by atoms with E-state index in [-0.39, 0.29) is 0 Å². The zero-order chi connectivity index (χ0) is 11.5. The summed E-state index contributed by atoms with van der Waals surface area (Å²) in [5, 5.41) is 6.69. The molecular weight excluding hydrogens is 210 g/mol. The van der Waals surface area contributed by atoms with Crippen molar-refractivity contribution in [3.63, 3.8) is 0 Å². The quantitative estimate of drug-likeness (QED) is 0.809. The molecule has 0 amide bonds. The van der Waals surface area contributed by atoms with Crippen LogP contribution in [0, 0.1) is 0 Å². The maximum atomic E-state index is 4.37. The van der Waals surface area contributed by atoms with Crippen LogP contribution in [0.1, 0.15) is 29.9 Å². The topological polar surface area (TPSA) is 36.4 Å². The molecule has 17 heavy (non-hydrogen) atoms. The number of hydrogen-bond donors (Lipinski definition) is 2. The first-order chi connectivity index (χ1) is 8.43. The van der Waals surface area contributed by atoms with Crippen LogP contribution >= 0.6 is 0 Å². The molecule has 1 aromatic carbocycles. The van der Waals surface area contributed by atoms with Gasteiger partial charge >= 0.3 is 0 Å². The number of rotatable bonds is 2. The number of hydrogen-bond acceptors (Lipinski definition) is 3. The summed E-state index contributed by atoms with van der Waals surface area (Å²) < 4.78 is 0. The third-order valence-electron chi connectivity index (χ3n) is 3.68. The molecule has 0 bridgehead atoms. The number of guanidine groups is 1. The third kappa shape index (κ3) is 2.28. The van der Waals surface area contributed by atoms with Crippen LogP contribution in [0.4, 0.5) is 0 Å². The van der Waals surface area contributed by atoms with Crippen LogP contribution in [-0.2, 0) is 6.42 Å². The molecule has 1 atom stereocenters. The van der Waals surface area contributed by atoms with Crippen molar-refractivity contribution in [3.05, 3.63) is 35.4 Å². The highest BCUT2D eigenvalue weighted by Gasteiger charge is 2.20. The fraction of sp³-hybridized carbons (Fsp3) is 0.500. The summed E-state index contributed by atoms with van der Waals surface area (Å²) in [6, 6.07) is 8.86. The van der Waals surface area contributed by atoms with Crippen molar-refractivity contribution >= 4 is 5.96 Å². The van der Waals surface area contributed by atoms with Crippen LogP contribution in [0.3, 0.4) is 0 Å². The van der Waals surface area contributed by atoms with Crippen molar-refractivity contribution in [1.29, 1.82) is 0 Å². The van der Waals surface area contributed by atoms with E-state index < -0.39 is 0 Å². The van der Waals surface area contributed by atoms with E-state index in [1.54, 1.807) is 0 Å². The second-order valence-electron chi connectivity index (χ2n) is 4.83. The molecule has 1 aliphatic heterocycles. The molecular formula is C14H19N3. The van der Waals surface area contributed by atoms with Gasteiger partial charge in [0.15, 0.2) is 5.96 Å². The van der Waals surface area contributed by atoms with E-state index in [0.29, 0.717) is 5.92 Å². The average molecular weight is 229 g/mol. The lowest BCUT2D eigenvalue weighted by Gasteiger charge is -2.25. The lowest BCUT2D eigenvalue weighted by molar-refractivity contribution is 0.541. The minimum absolute atomic E-state index is 0.644. The molecule has 0 saturated heterocycles. The number of aryl methyl sites for hydroxylation is 1. The van der Waals surface area contributed by atoms with Crippen molar-refractivity contribution < 1.29 is 0 Å². The van der Waals surface area contributed by atoms with E-state index in [4.69, 9.17) is 0 Å². The fourth-order valence-corrected chi connectivity index (χ4v) is 2.80. The van der Waals surface area contributed by atoms with E-state index >= 15 is 0 Å². The van der Waals surface area contributed by atoms with E-state index in [0.717, 1.165) is 25.6 Å². The second kappa shape index (κ2) is 4.78. The maximum Gasteiger partial charge on any atom is 0.191 e. The van der Waals surface area contributed by atoms with Crippen LogP contribution < -0.4 is 10.6 Å². The van der Waals surface area contributed by atoms with Gasteiger partial charge in [0, 0.05) is 19.0 Å². The molecule has 3 rings (SSSR count). The van der Waals surface area contributed by atoms with Crippen LogP contribution in [-0.4, -0.2) is 25.6 Å². The van der Waals surface area contributed by atoms with Crippen molar-refractivity contribution in [3.8, 4) is 0 Å². The Hall–Kier alpha value is -1.51. The van der Waals surface area contributed by atoms with Gasteiger partial charge in [-0.15, -0.1) is 0 Å². The van der Waals surface area contributed by atoms with Crippen LogP contribution in [0.2, 0.25) is 0 Å². The minimum atomic E-state index is 0.644.